The van der Waals surface area contributed by atoms with Gasteiger partial charge < -0.3 is 10.4 Å². The van der Waals surface area contributed by atoms with Crippen LogP contribution in [0.4, 0.5) is 5.82 Å². The fourth-order valence-electron chi connectivity index (χ4n) is 4.00. The Morgan fingerprint density at radius 2 is 1.73 bits per heavy atom. The summed E-state index contributed by atoms with van der Waals surface area (Å²) in [5.74, 6) is 1.57. The van der Waals surface area contributed by atoms with E-state index in [1.165, 1.54) is 0 Å². The molecule has 5 aromatic rings. The minimum atomic E-state index is 0.266. The van der Waals surface area contributed by atoms with Gasteiger partial charge in [0.25, 0.3) is 0 Å². The molecule has 0 spiro atoms. The van der Waals surface area contributed by atoms with Gasteiger partial charge >= 0.3 is 0 Å². The molecule has 0 saturated heterocycles. The third-order valence-electron chi connectivity index (χ3n) is 5.81. The number of aromatic hydroxyl groups is 1. The molecule has 0 saturated carbocycles. The molecule has 0 aliphatic carbocycles. The summed E-state index contributed by atoms with van der Waals surface area (Å²) in [5.41, 5.74) is 6.39. The van der Waals surface area contributed by atoms with Gasteiger partial charge in [-0.25, -0.2) is 15.0 Å². The Balaban J connectivity index is 1.58. The number of phenolic OH excluding ortho intramolecular Hbond substituents is 1. The van der Waals surface area contributed by atoms with Crippen molar-refractivity contribution in [3.05, 3.63) is 77.9 Å². The van der Waals surface area contributed by atoms with Crippen LogP contribution in [-0.4, -0.2) is 41.0 Å². The maximum atomic E-state index is 9.51. The van der Waals surface area contributed by atoms with Gasteiger partial charge in [-0.2, -0.15) is 5.10 Å². The lowest BCUT2D eigenvalue weighted by atomic mass is 10.1. The monoisotopic (exact) mass is 439 g/mol. The molecule has 0 amide bonds. The van der Waals surface area contributed by atoms with Crippen LogP contribution in [-0.2, 0) is 13.5 Å². The molecule has 0 unspecified atom stereocenters. The number of nitrogens with one attached hydrogen (secondary N) is 1. The van der Waals surface area contributed by atoms with E-state index in [9.17, 15) is 5.11 Å². The average Bonchev–Trinajstić information content (AvgIpc) is 3.35. The second-order valence-corrected chi connectivity index (χ2v) is 8.03. The van der Waals surface area contributed by atoms with E-state index in [0.29, 0.717) is 23.7 Å². The van der Waals surface area contributed by atoms with Crippen LogP contribution in [0.3, 0.4) is 0 Å². The number of imidazole rings is 1. The first kappa shape index (κ1) is 20.7. The third kappa shape index (κ3) is 3.91. The molecule has 3 heterocycles. The number of hydrogen-bond donors (Lipinski definition) is 2. The van der Waals surface area contributed by atoms with Crippen molar-refractivity contribution in [3.8, 4) is 22.8 Å². The van der Waals surface area contributed by atoms with E-state index in [2.05, 4.69) is 15.4 Å². The summed E-state index contributed by atoms with van der Waals surface area (Å²) >= 11 is 0. The van der Waals surface area contributed by atoms with E-state index in [0.717, 1.165) is 40.3 Å². The highest BCUT2D eigenvalue weighted by Gasteiger charge is 2.20. The Morgan fingerprint density at radius 3 is 2.42 bits per heavy atom. The molecule has 8 heteroatoms. The minimum absolute atomic E-state index is 0.266. The van der Waals surface area contributed by atoms with Crippen molar-refractivity contribution in [3.63, 3.8) is 0 Å². The predicted molar refractivity (Wildman–Crippen MR) is 129 cm³/mol. The highest BCUT2D eigenvalue weighted by atomic mass is 16.3. The van der Waals surface area contributed by atoms with Crippen molar-refractivity contribution in [2.45, 2.75) is 20.3 Å². The fraction of sp³-hybridized carbons (Fsp3) is 0.200. The highest BCUT2D eigenvalue weighted by molar-refractivity contribution is 5.86. The number of para-hydroxylation sites is 1. The predicted octanol–water partition coefficient (Wildman–Crippen LogP) is 4.19. The van der Waals surface area contributed by atoms with Gasteiger partial charge in [-0.15, -0.1) is 0 Å². The Hall–Kier alpha value is -4.20. The van der Waals surface area contributed by atoms with Gasteiger partial charge in [0.2, 0.25) is 0 Å². The normalized spacial score (nSPS) is 11.2. The van der Waals surface area contributed by atoms with E-state index in [1.807, 2.05) is 72.6 Å². The fourth-order valence-corrected chi connectivity index (χ4v) is 4.00. The molecule has 8 nitrogen and oxygen atoms in total. The zero-order chi connectivity index (χ0) is 22.9. The molecule has 2 N–H and O–H groups in total. The van der Waals surface area contributed by atoms with Crippen molar-refractivity contribution < 1.29 is 5.11 Å². The summed E-state index contributed by atoms with van der Waals surface area (Å²) in [4.78, 5) is 14.4. The van der Waals surface area contributed by atoms with E-state index in [4.69, 9.17) is 9.97 Å². The van der Waals surface area contributed by atoms with Gasteiger partial charge in [0.15, 0.2) is 22.8 Å². The van der Waals surface area contributed by atoms with Crippen LogP contribution < -0.4 is 5.32 Å². The summed E-state index contributed by atoms with van der Waals surface area (Å²) in [5, 5.41) is 17.5. The van der Waals surface area contributed by atoms with Crippen molar-refractivity contribution in [1.29, 1.82) is 0 Å². The largest absolute Gasteiger partial charge is 0.508 e. The molecule has 0 radical (unpaired) electrons. The maximum Gasteiger partial charge on any atom is 0.170 e. The summed E-state index contributed by atoms with van der Waals surface area (Å²) in [6, 6.07) is 17.3. The number of aromatic nitrogens is 6. The first-order valence-electron chi connectivity index (χ1n) is 10.8. The standard InChI is InChI=1S/C25H25N7O/c1-16-21(17(2)31(3)30-16)23-28-24(26-14-13-18-9-11-20(33)12-10-18)22-25(29-23)32(15-27-22)19-7-5-4-6-8-19/h4-12,15,33H,13-14H2,1-3H3,(H,26,28,29). The number of phenols is 1. The van der Waals surface area contributed by atoms with Crippen molar-refractivity contribution in [2.75, 3.05) is 11.9 Å². The molecule has 0 atom stereocenters. The minimum Gasteiger partial charge on any atom is -0.508 e. The molecule has 5 rings (SSSR count). The molecule has 166 valence electrons. The number of nitrogens with zero attached hydrogens (tertiary/aromatic N) is 6. The Kier molecular flexibility index (Phi) is 5.26. The molecule has 2 aromatic carbocycles. The summed E-state index contributed by atoms with van der Waals surface area (Å²) in [7, 11) is 1.93. The van der Waals surface area contributed by atoms with Crippen LogP contribution in [0.1, 0.15) is 17.0 Å². The lowest BCUT2D eigenvalue weighted by molar-refractivity contribution is 0.475. The van der Waals surface area contributed by atoms with Crippen molar-refractivity contribution in [1.82, 2.24) is 29.3 Å². The Morgan fingerprint density at radius 1 is 0.970 bits per heavy atom. The van der Waals surface area contributed by atoms with Crippen LogP contribution in [0.2, 0.25) is 0 Å². The van der Waals surface area contributed by atoms with Crippen molar-refractivity contribution in [2.24, 2.45) is 7.05 Å². The van der Waals surface area contributed by atoms with Gasteiger partial charge in [0.05, 0.1) is 11.3 Å². The van der Waals surface area contributed by atoms with E-state index in [1.54, 1.807) is 18.5 Å². The van der Waals surface area contributed by atoms with Gasteiger partial charge in [-0.05, 0) is 50.1 Å². The molecule has 3 aromatic heterocycles. The molecule has 0 aliphatic rings. The number of anilines is 1. The quantitative estimate of drug-likeness (QED) is 0.412. The van der Waals surface area contributed by atoms with Gasteiger partial charge in [0, 0.05) is 25.0 Å². The average molecular weight is 440 g/mol. The molecule has 0 aliphatic heterocycles. The highest BCUT2D eigenvalue weighted by Crippen LogP contribution is 2.29. The summed E-state index contributed by atoms with van der Waals surface area (Å²) in [6.45, 7) is 4.66. The number of hydrogen-bond acceptors (Lipinski definition) is 6. The summed E-state index contributed by atoms with van der Waals surface area (Å²) < 4.78 is 3.83. The zero-order valence-corrected chi connectivity index (χ0v) is 18.8. The number of benzene rings is 2. The Labute approximate surface area is 191 Å². The second kappa shape index (κ2) is 8.38. The SMILES string of the molecule is Cc1nn(C)c(C)c1-c1nc(NCCc2ccc(O)cc2)c2ncn(-c3ccccc3)c2n1. The van der Waals surface area contributed by atoms with Crippen LogP contribution in [0.25, 0.3) is 28.2 Å². The van der Waals surface area contributed by atoms with E-state index < -0.39 is 0 Å². The van der Waals surface area contributed by atoms with Gasteiger partial charge in [-0.3, -0.25) is 9.25 Å². The molecular formula is C25H25N7O. The molecule has 33 heavy (non-hydrogen) atoms. The van der Waals surface area contributed by atoms with Gasteiger partial charge in [0.1, 0.15) is 12.1 Å². The summed E-state index contributed by atoms with van der Waals surface area (Å²) in [6.07, 6.45) is 2.57. The Bertz CT molecular complexity index is 1420. The number of fused-ring (bicyclic) bond motifs is 1. The van der Waals surface area contributed by atoms with E-state index in [-0.39, 0.29) is 5.75 Å². The third-order valence-corrected chi connectivity index (χ3v) is 5.81. The first-order chi connectivity index (χ1) is 16.0. The van der Waals surface area contributed by atoms with Gasteiger partial charge in [-0.1, -0.05) is 30.3 Å². The molecule has 0 fully saturated rings. The van der Waals surface area contributed by atoms with E-state index >= 15 is 0 Å². The smallest absolute Gasteiger partial charge is 0.170 e. The number of aryl methyl sites for hydroxylation is 2. The molecular weight excluding hydrogens is 414 g/mol. The topological polar surface area (TPSA) is 93.7 Å². The lowest BCUT2D eigenvalue weighted by Crippen LogP contribution is -2.09. The first-order valence-corrected chi connectivity index (χ1v) is 10.8. The zero-order valence-electron chi connectivity index (χ0n) is 18.8. The van der Waals surface area contributed by atoms with Crippen LogP contribution in [0, 0.1) is 13.8 Å². The maximum absolute atomic E-state index is 9.51. The van der Waals surface area contributed by atoms with Crippen LogP contribution >= 0.6 is 0 Å². The second-order valence-electron chi connectivity index (χ2n) is 8.03. The lowest BCUT2D eigenvalue weighted by Gasteiger charge is -2.10. The number of rotatable bonds is 6. The van der Waals surface area contributed by atoms with Crippen LogP contribution in [0.15, 0.2) is 60.9 Å². The van der Waals surface area contributed by atoms with Crippen LogP contribution in [0.5, 0.6) is 5.75 Å². The molecule has 0 bridgehead atoms. The van der Waals surface area contributed by atoms with Crippen molar-refractivity contribution >= 4 is 17.0 Å².